The van der Waals surface area contributed by atoms with Crippen LogP contribution in [-0.2, 0) is 9.53 Å². The molecule has 24 heavy (non-hydrogen) atoms. The first kappa shape index (κ1) is 16.4. The molecule has 1 saturated heterocycles. The molecule has 3 rings (SSSR count). The molecule has 0 amide bonds. The molecule has 1 aliphatic heterocycles. The second-order valence-electron chi connectivity index (χ2n) is 6.54. The summed E-state index contributed by atoms with van der Waals surface area (Å²) in [7, 11) is 1.44. The molecule has 1 aliphatic rings. The largest absolute Gasteiger partial charge is 0.469 e. The zero-order valence-electron chi connectivity index (χ0n) is 14.5. The van der Waals surface area contributed by atoms with Crippen LogP contribution in [0.1, 0.15) is 24.6 Å². The van der Waals surface area contributed by atoms with Crippen LogP contribution in [0.15, 0.2) is 24.5 Å². The number of esters is 1. The lowest BCUT2D eigenvalue weighted by Gasteiger charge is -2.24. The second kappa shape index (κ2) is 6.19. The molecular formula is C18H22N4O2. The Morgan fingerprint density at radius 1 is 1.25 bits per heavy atom. The number of aryl methyl sites for hydroxylation is 1. The lowest BCUT2D eigenvalue weighted by Crippen LogP contribution is -2.33. The van der Waals surface area contributed by atoms with Crippen LogP contribution in [0.5, 0.6) is 0 Å². The minimum absolute atomic E-state index is 0.164. The number of hydrogen-bond donors (Lipinski definition) is 0. The van der Waals surface area contributed by atoms with Crippen LogP contribution in [0, 0.1) is 19.3 Å². The van der Waals surface area contributed by atoms with Crippen LogP contribution in [0.2, 0.25) is 0 Å². The first-order valence-corrected chi connectivity index (χ1v) is 8.03. The highest BCUT2D eigenvalue weighted by atomic mass is 16.5. The van der Waals surface area contributed by atoms with Crippen molar-refractivity contribution in [3.8, 4) is 11.4 Å². The van der Waals surface area contributed by atoms with E-state index in [0.717, 1.165) is 35.6 Å². The summed E-state index contributed by atoms with van der Waals surface area (Å²) >= 11 is 0. The summed E-state index contributed by atoms with van der Waals surface area (Å²) in [5.41, 5.74) is 2.43. The van der Waals surface area contributed by atoms with Gasteiger partial charge in [0, 0.05) is 42.3 Å². The highest BCUT2D eigenvalue weighted by molar-refractivity contribution is 5.78. The number of methoxy groups -OCH3 is 1. The van der Waals surface area contributed by atoms with Crippen molar-refractivity contribution in [2.75, 3.05) is 25.1 Å². The Morgan fingerprint density at radius 3 is 2.62 bits per heavy atom. The fourth-order valence-electron chi connectivity index (χ4n) is 3.11. The Labute approximate surface area is 141 Å². The van der Waals surface area contributed by atoms with Gasteiger partial charge in [-0.05, 0) is 39.3 Å². The SMILES string of the molecule is COC(=O)C1(C)CCN(c2nc(-c3ccncc3)nc(C)c2C)C1. The number of aromatic nitrogens is 3. The number of rotatable bonds is 3. The quantitative estimate of drug-likeness (QED) is 0.808. The highest BCUT2D eigenvalue weighted by Crippen LogP contribution is 2.35. The van der Waals surface area contributed by atoms with Gasteiger partial charge >= 0.3 is 5.97 Å². The molecule has 3 heterocycles. The highest BCUT2D eigenvalue weighted by Gasteiger charge is 2.42. The fraction of sp³-hybridized carbons (Fsp3) is 0.444. The van der Waals surface area contributed by atoms with E-state index < -0.39 is 5.41 Å². The van der Waals surface area contributed by atoms with E-state index in [4.69, 9.17) is 9.72 Å². The van der Waals surface area contributed by atoms with E-state index >= 15 is 0 Å². The van der Waals surface area contributed by atoms with Crippen LogP contribution in [0.3, 0.4) is 0 Å². The molecule has 126 valence electrons. The first-order valence-electron chi connectivity index (χ1n) is 8.03. The molecule has 2 aromatic heterocycles. The van der Waals surface area contributed by atoms with E-state index in [2.05, 4.69) is 14.9 Å². The van der Waals surface area contributed by atoms with E-state index in [1.54, 1.807) is 12.4 Å². The summed E-state index contributed by atoms with van der Waals surface area (Å²) in [6.45, 7) is 7.34. The first-order chi connectivity index (χ1) is 11.4. The van der Waals surface area contributed by atoms with Gasteiger partial charge in [0.05, 0.1) is 12.5 Å². The van der Waals surface area contributed by atoms with Crippen LogP contribution in [-0.4, -0.2) is 41.1 Å². The molecule has 2 aromatic rings. The molecular weight excluding hydrogens is 304 g/mol. The zero-order chi connectivity index (χ0) is 17.3. The van der Waals surface area contributed by atoms with Crippen LogP contribution in [0.25, 0.3) is 11.4 Å². The van der Waals surface area contributed by atoms with Crippen molar-refractivity contribution >= 4 is 11.8 Å². The van der Waals surface area contributed by atoms with Gasteiger partial charge in [0.2, 0.25) is 0 Å². The number of carbonyl (C=O) groups excluding carboxylic acids is 1. The number of carbonyl (C=O) groups is 1. The molecule has 0 saturated carbocycles. The molecule has 0 radical (unpaired) electrons. The number of ether oxygens (including phenoxy) is 1. The van der Waals surface area contributed by atoms with Gasteiger partial charge < -0.3 is 9.64 Å². The van der Waals surface area contributed by atoms with Gasteiger partial charge in [-0.3, -0.25) is 9.78 Å². The summed E-state index contributed by atoms with van der Waals surface area (Å²) < 4.78 is 4.96. The molecule has 0 spiro atoms. The Bertz CT molecular complexity index is 763. The third-order valence-corrected chi connectivity index (χ3v) is 4.75. The van der Waals surface area contributed by atoms with Crippen molar-refractivity contribution in [2.24, 2.45) is 5.41 Å². The Hall–Kier alpha value is -2.50. The van der Waals surface area contributed by atoms with Gasteiger partial charge in [0.25, 0.3) is 0 Å². The van der Waals surface area contributed by atoms with Crippen molar-refractivity contribution < 1.29 is 9.53 Å². The van der Waals surface area contributed by atoms with Gasteiger partial charge in [0.1, 0.15) is 5.82 Å². The standard InChI is InChI=1S/C18H22N4O2/c1-12-13(2)20-15(14-5-8-19-9-6-14)21-16(12)22-10-7-18(3,11-22)17(23)24-4/h5-6,8-9H,7,10-11H2,1-4H3. The monoisotopic (exact) mass is 326 g/mol. The maximum atomic E-state index is 12.1. The molecule has 0 bridgehead atoms. The topological polar surface area (TPSA) is 68.2 Å². The fourth-order valence-corrected chi connectivity index (χ4v) is 3.11. The molecule has 0 aliphatic carbocycles. The van der Waals surface area contributed by atoms with E-state index in [9.17, 15) is 4.79 Å². The number of pyridine rings is 1. The number of nitrogens with zero attached hydrogens (tertiary/aromatic N) is 4. The Kier molecular flexibility index (Phi) is 4.22. The molecule has 1 unspecified atom stereocenters. The van der Waals surface area contributed by atoms with Gasteiger partial charge in [0.15, 0.2) is 5.82 Å². The predicted octanol–water partition coefficient (Wildman–Crippen LogP) is 2.54. The van der Waals surface area contributed by atoms with Gasteiger partial charge in [-0.25, -0.2) is 9.97 Å². The molecule has 1 atom stereocenters. The van der Waals surface area contributed by atoms with E-state index in [0.29, 0.717) is 12.4 Å². The minimum atomic E-state index is -0.489. The second-order valence-corrected chi connectivity index (χ2v) is 6.54. The Morgan fingerprint density at radius 2 is 1.96 bits per heavy atom. The molecule has 0 aromatic carbocycles. The number of anilines is 1. The van der Waals surface area contributed by atoms with Crippen molar-refractivity contribution in [3.63, 3.8) is 0 Å². The van der Waals surface area contributed by atoms with E-state index in [1.807, 2.05) is 32.9 Å². The molecule has 0 N–H and O–H groups in total. The van der Waals surface area contributed by atoms with E-state index in [-0.39, 0.29) is 5.97 Å². The third-order valence-electron chi connectivity index (χ3n) is 4.75. The van der Waals surface area contributed by atoms with Gasteiger partial charge in [-0.15, -0.1) is 0 Å². The average Bonchev–Trinajstić information content (AvgIpc) is 3.00. The lowest BCUT2D eigenvalue weighted by atomic mass is 9.90. The summed E-state index contributed by atoms with van der Waals surface area (Å²) in [6, 6.07) is 3.80. The van der Waals surface area contributed by atoms with Crippen LogP contribution in [0.4, 0.5) is 5.82 Å². The van der Waals surface area contributed by atoms with Crippen molar-refractivity contribution in [3.05, 3.63) is 35.8 Å². The van der Waals surface area contributed by atoms with Crippen LogP contribution < -0.4 is 4.90 Å². The average molecular weight is 326 g/mol. The van der Waals surface area contributed by atoms with Gasteiger partial charge in [-0.1, -0.05) is 0 Å². The lowest BCUT2D eigenvalue weighted by molar-refractivity contribution is -0.150. The van der Waals surface area contributed by atoms with Crippen molar-refractivity contribution in [2.45, 2.75) is 27.2 Å². The normalized spacial score (nSPS) is 20.2. The van der Waals surface area contributed by atoms with Crippen molar-refractivity contribution in [1.82, 2.24) is 15.0 Å². The molecule has 1 fully saturated rings. The summed E-state index contributed by atoms with van der Waals surface area (Å²) in [5, 5.41) is 0. The minimum Gasteiger partial charge on any atom is -0.469 e. The summed E-state index contributed by atoms with van der Waals surface area (Å²) in [5.74, 6) is 1.41. The van der Waals surface area contributed by atoms with E-state index in [1.165, 1.54) is 7.11 Å². The maximum absolute atomic E-state index is 12.1. The smallest absolute Gasteiger partial charge is 0.313 e. The molecule has 6 heteroatoms. The summed E-state index contributed by atoms with van der Waals surface area (Å²) in [6.07, 6.45) is 4.22. The van der Waals surface area contributed by atoms with Crippen LogP contribution >= 0.6 is 0 Å². The zero-order valence-corrected chi connectivity index (χ0v) is 14.5. The predicted molar refractivity (Wildman–Crippen MR) is 91.7 cm³/mol. The maximum Gasteiger partial charge on any atom is 0.313 e. The van der Waals surface area contributed by atoms with Crippen molar-refractivity contribution in [1.29, 1.82) is 0 Å². The summed E-state index contributed by atoms with van der Waals surface area (Å²) in [4.78, 5) is 27.6. The Balaban J connectivity index is 1.97. The molecule has 6 nitrogen and oxygen atoms in total. The van der Waals surface area contributed by atoms with Gasteiger partial charge in [-0.2, -0.15) is 0 Å². The third kappa shape index (κ3) is 2.84. The number of hydrogen-bond acceptors (Lipinski definition) is 6.